The van der Waals surface area contributed by atoms with E-state index in [-0.39, 0.29) is 11.6 Å². The highest BCUT2D eigenvalue weighted by molar-refractivity contribution is 7.08. The van der Waals surface area contributed by atoms with Gasteiger partial charge in [-0.3, -0.25) is 4.79 Å². The summed E-state index contributed by atoms with van der Waals surface area (Å²) in [6.07, 6.45) is 3.25. The first-order chi connectivity index (χ1) is 7.75. The molecule has 1 nitrogen and oxygen atoms in total. The van der Waals surface area contributed by atoms with E-state index in [1.807, 2.05) is 16.8 Å². The Balaban J connectivity index is 2.11. The molecule has 0 aliphatic heterocycles. The molecule has 1 aromatic heterocycles. The quantitative estimate of drug-likeness (QED) is 0.581. The van der Waals surface area contributed by atoms with Gasteiger partial charge in [-0.05, 0) is 52.7 Å². The Kier molecular flexibility index (Phi) is 3.27. The lowest BCUT2D eigenvalue weighted by Gasteiger charge is -1.94. The Morgan fingerprint density at radius 2 is 1.94 bits per heavy atom. The lowest BCUT2D eigenvalue weighted by Crippen LogP contribution is -1.93. The summed E-state index contributed by atoms with van der Waals surface area (Å²) < 4.78 is 12.6. The summed E-state index contributed by atoms with van der Waals surface area (Å²) in [4.78, 5) is 11.6. The third kappa shape index (κ3) is 2.64. The van der Waals surface area contributed by atoms with Gasteiger partial charge >= 0.3 is 0 Å². The smallest absolute Gasteiger partial charge is 0.185 e. The Morgan fingerprint density at radius 3 is 2.56 bits per heavy atom. The zero-order valence-corrected chi connectivity index (χ0v) is 9.21. The second-order valence-electron chi connectivity index (χ2n) is 3.26. The number of allylic oxidation sites excluding steroid dienone is 1. The van der Waals surface area contributed by atoms with E-state index < -0.39 is 0 Å². The summed E-state index contributed by atoms with van der Waals surface area (Å²) in [6, 6.07) is 7.46. The van der Waals surface area contributed by atoms with Crippen molar-refractivity contribution in [3.8, 4) is 0 Å². The van der Waals surface area contributed by atoms with Crippen molar-refractivity contribution in [3.63, 3.8) is 0 Å². The monoisotopic (exact) mass is 232 g/mol. The fraction of sp³-hybridized carbons (Fsp3) is 0. The van der Waals surface area contributed by atoms with Crippen LogP contribution in [-0.4, -0.2) is 5.78 Å². The maximum Gasteiger partial charge on any atom is 0.185 e. The molecule has 1 aromatic carbocycles. The van der Waals surface area contributed by atoms with E-state index in [0.29, 0.717) is 5.56 Å². The van der Waals surface area contributed by atoms with Crippen LogP contribution in [0.4, 0.5) is 4.39 Å². The summed E-state index contributed by atoms with van der Waals surface area (Å²) >= 11 is 1.58. The van der Waals surface area contributed by atoms with Gasteiger partial charge in [0, 0.05) is 5.56 Å². The molecule has 0 radical (unpaired) electrons. The molecule has 2 aromatic rings. The number of carbonyl (C=O) groups excluding carboxylic acids is 1. The highest BCUT2D eigenvalue weighted by atomic mass is 32.1. The molecule has 3 heteroatoms. The van der Waals surface area contributed by atoms with Crippen molar-refractivity contribution in [2.24, 2.45) is 0 Å². The predicted molar refractivity (Wildman–Crippen MR) is 64.1 cm³/mol. The average molecular weight is 232 g/mol. The molecule has 0 atom stereocenters. The van der Waals surface area contributed by atoms with Crippen LogP contribution in [0.1, 0.15) is 15.9 Å². The van der Waals surface area contributed by atoms with Crippen molar-refractivity contribution in [1.82, 2.24) is 0 Å². The van der Waals surface area contributed by atoms with Crippen molar-refractivity contribution >= 4 is 23.2 Å². The van der Waals surface area contributed by atoms with Crippen molar-refractivity contribution < 1.29 is 9.18 Å². The van der Waals surface area contributed by atoms with E-state index in [9.17, 15) is 9.18 Å². The Labute approximate surface area is 96.9 Å². The fourth-order valence-corrected chi connectivity index (χ4v) is 1.88. The Bertz CT molecular complexity index is 497. The van der Waals surface area contributed by atoms with Crippen LogP contribution in [0.25, 0.3) is 6.08 Å². The average Bonchev–Trinajstić information content (AvgIpc) is 2.80. The molecule has 0 spiro atoms. The summed E-state index contributed by atoms with van der Waals surface area (Å²) in [6.45, 7) is 0. The van der Waals surface area contributed by atoms with Crippen molar-refractivity contribution in [1.29, 1.82) is 0 Å². The maximum absolute atomic E-state index is 12.6. The van der Waals surface area contributed by atoms with Gasteiger partial charge in [0.1, 0.15) is 5.82 Å². The van der Waals surface area contributed by atoms with E-state index in [1.165, 1.54) is 30.3 Å². The molecule has 0 unspecified atom stereocenters. The lowest BCUT2D eigenvalue weighted by molar-refractivity contribution is 0.104. The molecule has 0 N–H and O–H groups in total. The standard InChI is InChI=1S/C13H9FOS/c14-12-4-2-11(3-5-12)13(15)6-1-10-7-8-16-9-10/h1-9H. The van der Waals surface area contributed by atoms with Gasteiger partial charge in [0.25, 0.3) is 0 Å². The third-order valence-electron chi connectivity index (χ3n) is 2.10. The molecule has 0 saturated heterocycles. The molecular weight excluding hydrogens is 223 g/mol. The van der Waals surface area contributed by atoms with Crippen LogP contribution in [0.2, 0.25) is 0 Å². The summed E-state index contributed by atoms with van der Waals surface area (Å²) in [5.41, 5.74) is 1.49. The van der Waals surface area contributed by atoms with E-state index in [4.69, 9.17) is 0 Å². The first-order valence-electron chi connectivity index (χ1n) is 4.76. The van der Waals surface area contributed by atoms with Crippen molar-refractivity contribution in [2.75, 3.05) is 0 Å². The highest BCUT2D eigenvalue weighted by Crippen LogP contribution is 2.09. The molecule has 1 heterocycles. The van der Waals surface area contributed by atoms with E-state index in [1.54, 1.807) is 17.4 Å². The van der Waals surface area contributed by atoms with Gasteiger partial charge in [-0.15, -0.1) is 0 Å². The van der Waals surface area contributed by atoms with Gasteiger partial charge < -0.3 is 0 Å². The van der Waals surface area contributed by atoms with Gasteiger partial charge in [0.05, 0.1) is 0 Å². The SMILES string of the molecule is O=C(C=Cc1ccsc1)c1ccc(F)cc1. The molecule has 0 bridgehead atoms. The summed E-state index contributed by atoms with van der Waals surface area (Å²) in [5, 5.41) is 3.90. The van der Waals surface area contributed by atoms with Crippen LogP contribution in [0.3, 0.4) is 0 Å². The molecular formula is C13H9FOS. The van der Waals surface area contributed by atoms with Crippen LogP contribution >= 0.6 is 11.3 Å². The van der Waals surface area contributed by atoms with Gasteiger partial charge in [0.2, 0.25) is 0 Å². The number of carbonyl (C=O) groups is 1. The minimum absolute atomic E-state index is 0.119. The Hall–Kier alpha value is -1.74. The maximum atomic E-state index is 12.6. The number of benzene rings is 1. The largest absolute Gasteiger partial charge is 0.289 e. The molecule has 0 amide bonds. The zero-order valence-electron chi connectivity index (χ0n) is 8.39. The normalized spacial score (nSPS) is 10.8. The van der Waals surface area contributed by atoms with Crippen LogP contribution in [0, 0.1) is 5.82 Å². The second-order valence-corrected chi connectivity index (χ2v) is 4.04. The number of halogens is 1. The number of hydrogen-bond acceptors (Lipinski definition) is 2. The van der Waals surface area contributed by atoms with Gasteiger partial charge in [0.15, 0.2) is 5.78 Å². The Morgan fingerprint density at radius 1 is 1.19 bits per heavy atom. The van der Waals surface area contributed by atoms with Crippen molar-refractivity contribution in [3.05, 3.63) is 64.1 Å². The predicted octanol–water partition coefficient (Wildman–Crippen LogP) is 3.78. The lowest BCUT2D eigenvalue weighted by atomic mass is 10.1. The first-order valence-corrected chi connectivity index (χ1v) is 5.70. The highest BCUT2D eigenvalue weighted by Gasteiger charge is 2.01. The minimum Gasteiger partial charge on any atom is -0.289 e. The zero-order chi connectivity index (χ0) is 11.4. The minimum atomic E-state index is -0.335. The molecule has 16 heavy (non-hydrogen) atoms. The topological polar surface area (TPSA) is 17.1 Å². The number of hydrogen-bond donors (Lipinski definition) is 0. The molecule has 80 valence electrons. The fourth-order valence-electron chi connectivity index (χ4n) is 1.25. The number of thiophene rings is 1. The second kappa shape index (κ2) is 4.86. The van der Waals surface area contributed by atoms with Gasteiger partial charge in [-0.25, -0.2) is 4.39 Å². The van der Waals surface area contributed by atoms with Gasteiger partial charge in [-0.1, -0.05) is 6.08 Å². The first kappa shape index (κ1) is 10.8. The molecule has 2 rings (SSSR count). The van der Waals surface area contributed by atoms with E-state index in [2.05, 4.69) is 0 Å². The van der Waals surface area contributed by atoms with E-state index >= 15 is 0 Å². The molecule has 0 aliphatic carbocycles. The van der Waals surface area contributed by atoms with Crippen LogP contribution in [-0.2, 0) is 0 Å². The molecule has 0 aliphatic rings. The molecule has 0 fully saturated rings. The van der Waals surface area contributed by atoms with Crippen molar-refractivity contribution in [2.45, 2.75) is 0 Å². The van der Waals surface area contributed by atoms with E-state index in [0.717, 1.165) is 5.56 Å². The summed E-state index contributed by atoms with van der Waals surface area (Å²) in [5.74, 6) is -0.454. The van der Waals surface area contributed by atoms with Gasteiger partial charge in [-0.2, -0.15) is 11.3 Å². The summed E-state index contributed by atoms with van der Waals surface area (Å²) in [7, 11) is 0. The number of rotatable bonds is 3. The number of ketones is 1. The third-order valence-corrected chi connectivity index (χ3v) is 2.80. The van der Waals surface area contributed by atoms with Crippen LogP contribution in [0.15, 0.2) is 47.2 Å². The molecule has 0 saturated carbocycles. The van der Waals surface area contributed by atoms with Crippen LogP contribution < -0.4 is 0 Å². The van der Waals surface area contributed by atoms with Crippen LogP contribution in [0.5, 0.6) is 0 Å².